The summed E-state index contributed by atoms with van der Waals surface area (Å²) >= 11 is 0. The van der Waals surface area contributed by atoms with Gasteiger partial charge >= 0.3 is 0 Å². The summed E-state index contributed by atoms with van der Waals surface area (Å²) in [4.78, 5) is 33.3. The average Bonchev–Trinajstić information content (AvgIpc) is 3.60. The minimum absolute atomic E-state index is 0.0200. The summed E-state index contributed by atoms with van der Waals surface area (Å²) in [6, 6.07) is 1.16. The molecule has 3 aromatic heterocycles. The smallest absolute Gasteiger partial charge is 0.296 e. The van der Waals surface area contributed by atoms with Gasteiger partial charge in [0, 0.05) is 23.9 Å². The van der Waals surface area contributed by atoms with Gasteiger partial charge < -0.3 is 16.2 Å². The molecule has 160 valence electrons. The fraction of sp³-hybridized carbons (Fsp3) is 0.227. The van der Waals surface area contributed by atoms with Crippen LogP contribution in [0.5, 0.6) is 0 Å². The number of carbonyl (C=O) groups excluding carboxylic acids is 1. The topological polar surface area (TPSA) is 166 Å². The Hall–Kier alpha value is -4.39. The van der Waals surface area contributed by atoms with Crippen molar-refractivity contribution in [3.63, 3.8) is 0 Å². The minimum Gasteiger partial charge on any atom is -0.411 e. The first-order valence-electron chi connectivity index (χ1n) is 9.83. The minimum atomic E-state index is -0.648. The maximum Gasteiger partial charge on any atom is 0.296 e. The highest BCUT2D eigenvalue weighted by molar-refractivity contribution is 6.03. The van der Waals surface area contributed by atoms with E-state index in [4.69, 9.17) is 21.6 Å². The molecule has 0 radical (unpaired) electrons. The number of amidine groups is 1. The van der Waals surface area contributed by atoms with Gasteiger partial charge in [-0.15, -0.1) is 0 Å². The second-order valence-corrected chi connectivity index (χ2v) is 7.35. The molecule has 10 nitrogen and oxygen atoms in total. The molecule has 1 aliphatic carbocycles. The Morgan fingerprint density at radius 2 is 1.94 bits per heavy atom. The van der Waals surface area contributed by atoms with E-state index >= 15 is 0 Å². The van der Waals surface area contributed by atoms with Crippen LogP contribution in [0.25, 0.3) is 11.0 Å². The van der Waals surface area contributed by atoms with Crippen molar-refractivity contribution < 1.29 is 9.53 Å². The Bertz CT molecular complexity index is 1350. The van der Waals surface area contributed by atoms with Crippen LogP contribution in [0.15, 0.2) is 29.6 Å². The van der Waals surface area contributed by atoms with Gasteiger partial charge in [-0.05, 0) is 32.8 Å². The molecule has 3 heterocycles. The Morgan fingerprint density at radius 1 is 1.19 bits per heavy atom. The summed E-state index contributed by atoms with van der Waals surface area (Å²) in [5, 5.41) is 7.71. The van der Waals surface area contributed by atoms with Gasteiger partial charge in [-0.1, -0.05) is 11.8 Å². The van der Waals surface area contributed by atoms with Crippen LogP contribution in [-0.2, 0) is 4.74 Å². The Balaban J connectivity index is 1.61. The van der Waals surface area contributed by atoms with Crippen LogP contribution < -0.4 is 11.5 Å². The van der Waals surface area contributed by atoms with Crippen molar-refractivity contribution in [2.45, 2.75) is 26.7 Å². The van der Waals surface area contributed by atoms with Gasteiger partial charge in [0.15, 0.2) is 5.90 Å². The van der Waals surface area contributed by atoms with E-state index in [1.54, 1.807) is 6.20 Å². The number of ether oxygens (including phenoxy) is 1. The summed E-state index contributed by atoms with van der Waals surface area (Å²) in [6.45, 7) is 3.73. The van der Waals surface area contributed by atoms with Gasteiger partial charge in [-0.3, -0.25) is 15.2 Å². The van der Waals surface area contributed by atoms with E-state index in [0.717, 1.165) is 24.2 Å². The molecule has 5 N–H and O–H groups in total. The maximum atomic E-state index is 12.4. The SMILES string of the molecule is Cc1nc2cnc(N)c(C#Cc3cncc(C(=O)N=C(N)OC(=N)C4CC4)c3)c2nc1C. The Morgan fingerprint density at radius 3 is 2.69 bits per heavy atom. The van der Waals surface area contributed by atoms with E-state index in [9.17, 15) is 4.79 Å². The van der Waals surface area contributed by atoms with Crippen molar-refractivity contribution in [1.82, 2.24) is 19.9 Å². The third-order valence-corrected chi connectivity index (χ3v) is 4.84. The first kappa shape index (κ1) is 20.9. The predicted octanol–water partition coefficient (Wildman–Crippen LogP) is 1.88. The zero-order valence-corrected chi connectivity index (χ0v) is 17.5. The highest BCUT2D eigenvalue weighted by Crippen LogP contribution is 2.30. The first-order chi connectivity index (χ1) is 15.3. The quantitative estimate of drug-likeness (QED) is 0.316. The number of pyridine rings is 2. The summed E-state index contributed by atoms with van der Waals surface area (Å²) < 4.78 is 5.08. The molecule has 10 heteroatoms. The lowest BCUT2D eigenvalue weighted by molar-refractivity contribution is 0.100. The number of aliphatic imine (C=N–C) groups is 1. The van der Waals surface area contributed by atoms with Crippen LogP contribution in [0.4, 0.5) is 5.82 Å². The van der Waals surface area contributed by atoms with Crippen LogP contribution in [-0.4, -0.2) is 37.8 Å². The number of nitrogens with zero attached hydrogens (tertiary/aromatic N) is 5. The van der Waals surface area contributed by atoms with E-state index < -0.39 is 5.91 Å². The zero-order chi connectivity index (χ0) is 22.8. The van der Waals surface area contributed by atoms with Gasteiger partial charge in [0.2, 0.25) is 0 Å². The average molecular weight is 428 g/mol. The molecule has 3 aromatic rings. The highest BCUT2D eigenvalue weighted by atomic mass is 16.5. The van der Waals surface area contributed by atoms with Crippen LogP contribution in [0.1, 0.15) is 45.7 Å². The summed E-state index contributed by atoms with van der Waals surface area (Å²) in [7, 11) is 0. The van der Waals surface area contributed by atoms with Gasteiger partial charge in [-0.25, -0.2) is 15.0 Å². The lowest BCUT2D eigenvalue weighted by Gasteiger charge is -2.05. The molecule has 0 spiro atoms. The molecule has 0 aliphatic heterocycles. The van der Waals surface area contributed by atoms with Crippen molar-refractivity contribution in [1.29, 1.82) is 5.41 Å². The summed E-state index contributed by atoms with van der Waals surface area (Å²) in [6.07, 6.45) is 6.18. The molecule has 0 bridgehead atoms. The number of aromatic nitrogens is 4. The van der Waals surface area contributed by atoms with Gasteiger partial charge in [0.05, 0.1) is 28.7 Å². The van der Waals surface area contributed by atoms with Crippen LogP contribution >= 0.6 is 0 Å². The summed E-state index contributed by atoms with van der Waals surface area (Å²) in [5.74, 6) is 5.57. The second-order valence-electron chi connectivity index (χ2n) is 7.35. The number of amides is 1. The number of rotatable bonds is 2. The maximum absolute atomic E-state index is 12.4. The molecule has 1 fully saturated rings. The summed E-state index contributed by atoms with van der Waals surface area (Å²) in [5.41, 5.74) is 15.5. The number of hydrogen-bond acceptors (Lipinski definition) is 8. The molecule has 1 aliphatic rings. The van der Waals surface area contributed by atoms with Gasteiger partial charge in [0.25, 0.3) is 11.9 Å². The molecule has 1 saturated carbocycles. The number of hydrogen-bond donors (Lipinski definition) is 3. The number of nitrogens with two attached hydrogens (primary N) is 2. The fourth-order valence-corrected chi connectivity index (χ4v) is 2.82. The highest BCUT2D eigenvalue weighted by Gasteiger charge is 2.29. The third kappa shape index (κ3) is 4.52. The van der Waals surface area contributed by atoms with Gasteiger partial charge in [0.1, 0.15) is 16.9 Å². The number of anilines is 1. The van der Waals surface area contributed by atoms with Crippen molar-refractivity contribution in [2.24, 2.45) is 16.6 Å². The van der Waals surface area contributed by atoms with Crippen LogP contribution in [0.2, 0.25) is 0 Å². The van der Waals surface area contributed by atoms with E-state index in [2.05, 4.69) is 36.8 Å². The molecular weight excluding hydrogens is 408 g/mol. The lowest BCUT2D eigenvalue weighted by atomic mass is 10.1. The van der Waals surface area contributed by atoms with Crippen molar-refractivity contribution in [2.75, 3.05) is 5.73 Å². The number of fused-ring (bicyclic) bond motifs is 1. The molecule has 0 unspecified atom stereocenters. The van der Waals surface area contributed by atoms with E-state index in [-0.39, 0.29) is 29.2 Å². The predicted molar refractivity (Wildman–Crippen MR) is 119 cm³/mol. The number of aryl methyl sites for hydroxylation is 2. The molecule has 1 amide bonds. The molecule has 0 atom stereocenters. The molecule has 32 heavy (non-hydrogen) atoms. The largest absolute Gasteiger partial charge is 0.411 e. The number of carbonyl (C=O) groups is 1. The van der Waals surface area contributed by atoms with E-state index in [0.29, 0.717) is 22.2 Å². The first-order valence-corrected chi connectivity index (χ1v) is 9.83. The molecular formula is C22H20N8O2. The molecule has 0 aromatic carbocycles. The van der Waals surface area contributed by atoms with E-state index in [1.807, 2.05) is 13.8 Å². The Labute approximate surface area is 183 Å². The lowest BCUT2D eigenvalue weighted by Crippen LogP contribution is -2.22. The second kappa shape index (κ2) is 8.39. The number of nitrogens with one attached hydrogen (secondary N) is 1. The standard InChI is InChI=1S/C22H20N8O2/c1-11-12(2)29-18-16(19(23)27-10-17(18)28-11)6-3-13-7-15(9-26-8-13)21(31)30-22(25)32-20(24)14-4-5-14/h7-10,14,24H,4-5H2,1-2H3,(H2,23,27)(H2,25,30,31). The monoisotopic (exact) mass is 428 g/mol. The van der Waals surface area contributed by atoms with E-state index in [1.165, 1.54) is 18.5 Å². The molecule has 0 saturated heterocycles. The zero-order valence-electron chi connectivity index (χ0n) is 17.5. The van der Waals surface area contributed by atoms with Crippen molar-refractivity contribution in [3.8, 4) is 11.8 Å². The number of nitrogen functional groups attached to an aromatic ring is 1. The van der Waals surface area contributed by atoms with Crippen molar-refractivity contribution >= 4 is 34.7 Å². The fourth-order valence-electron chi connectivity index (χ4n) is 2.82. The molecule has 4 rings (SSSR count). The van der Waals surface area contributed by atoms with Crippen LogP contribution in [0, 0.1) is 37.0 Å². The van der Waals surface area contributed by atoms with Crippen LogP contribution in [0.3, 0.4) is 0 Å². The normalized spacial score (nSPS) is 13.4. The van der Waals surface area contributed by atoms with Gasteiger partial charge in [-0.2, -0.15) is 4.99 Å². The Kier molecular flexibility index (Phi) is 5.47. The third-order valence-electron chi connectivity index (χ3n) is 4.84. The van der Waals surface area contributed by atoms with Crippen molar-refractivity contribution in [3.05, 3.63) is 52.7 Å².